The molecule has 1 N–H and O–H groups in total. The zero-order valence-electron chi connectivity index (χ0n) is 12.7. The number of nitrogens with zero attached hydrogens (tertiary/aromatic N) is 3. The molecule has 0 aliphatic carbocycles. The summed E-state index contributed by atoms with van der Waals surface area (Å²) >= 11 is 1.02. The predicted molar refractivity (Wildman–Crippen MR) is 89.4 cm³/mol. The Morgan fingerprint density at radius 2 is 1.88 bits per heavy atom. The summed E-state index contributed by atoms with van der Waals surface area (Å²) in [5.74, 6) is -0.594. The fourth-order valence-corrected chi connectivity index (χ4v) is 2.82. The van der Waals surface area contributed by atoms with Gasteiger partial charge in [-0.2, -0.15) is 10.1 Å². The van der Waals surface area contributed by atoms with Crippen molar-refractivity contribution in [1.29, 1.82) is 0 Å². The van der Waals surface area contributed by atoms with Crippen LogP contribution in [0, 0.1) is 0 Å². The van der Waals surface area contributed by atoms with Gasteiger partial charge >= 0.3 is 0 Å². The molecular weight excluding hydrogens is 326 g/mol. The minimum Gasteiger partial charge on any atom is -0.508 e. The summed E-state index contributed by atoms with van der Waals surface area (Å²) in [5.41, 5.74) is 0.955. The van der Waals surface area contributed by atoms with E-state index in [2.05, 4.69) is 10.1 Å². The van der Waals surface area contributed by atoms with E-state index < -0.39 is 5.91 Å². The molecule has 1 amide bonds. The van der Waals surface area contributed by atoms with Crippen LogP contribution in [0.5, 0.6) is 5.75 Å². The molecule has 0 aliphatic rings. The van der Waals surface area contributed by atoms with Gasteiger partial charge in [0.25, 0.3) is 5.91 Å². The van der Waals surface area contributed by atoms with Crippen LogP contribution in [0.4, 0.5) is 0 Å². The topological polar surface area (TPSA) is 84.6 Å². The molecule has 0 bridgehead atoms. The molecule has 3 rings (SSSR count). The van der Waals surface area contributed by atoms with Gasteiger partial charge in [-0.15, -0.1) is 0 Å². The highest BCUT2D eigenvalue weighted by Gasteiger charge is 2.13. The van der Waals surface area contributed by atoms with Gasteiger partial charge in [0, 0.05) is 18.6 Å². The van der Waals surface area contributed by atoms with Gasteiger partial charge in [0.05, 0.1) is 5.69 Å². The third kappa shape index (κ3) is 3.31. The number of amides is 1. The second kappa shape index (κ2) is 6.59. The van der Waals surface area contributed by atoms with Crippen LogP contribution in [-0.4, -0.2) is 26.6 Å². The van der Waals surface area contributed by atoms with E-state index in [0.717, 1.165) is 11.3 Å². The van der Waals surface area contributed by atoms with Crippen molar-refractivity contribution >= 4 is 23.0 Å². The Kier molecular flexibility index (Phi) is 4.35. The van der Waals surface area contributed by atoms with E-state index in [-0.39, 0.29) is 21.3 Å². The molecule has 0 aliphatic heterocycles. The summed E-state index contributed by atoms with van der Waals surface area (Å²) in [7, 11) is 0. The SMILES string of the molecule is CC(=O)c1nn(-c2cccc(O)c2)c(=NC(=O)c2ccccc2)s1. The maximum absolute atomic E-state index is 12.3. The summed E-state index contributed by atoms with van der Waals surface area (Å²) in [6.45, 7) is 1.40. The van der Waals surface area contributed by atoms with Gasteiger partial charge in [-0.3, -0.25) is 9.59 Å². The van der Waals surface area contributed by atoms with Gasteiger partial charge in [-0.05, 0) is 24.3 Å². The number of aromatic hydroxyl groups is 1. The van der Waals surface area contributed by atoms with Gasteiger partial charge in [-0.1, -0.05) is 35.6 Å². The molecule has 7 heteroatoms. The average Bonchev–Trinajstić information content (AvgIpc) is 3.00. The molecule has 120 valence electrons. The lowest BCUT2D eigenvalue weighted by atomic mass is 10.2. The molecule has 0 unspecified atom stereocenters. The number of benzene rings is 2. The van der Waals surface area contributed by atoms with Gasteiger partial charge < -0.3 is 5.11 Å². The third-order valence-electron chi connectivity index (χ3n) is 3.15. The van der Waals surface area contributed by atoms with Crippen molar-refractivity contribution in [1.82, 2.24) is 9.78 Å². The van der Waals surface area contributed by atoms with E-state index in [1.807, 2.05) is 6.07 Å². The van der Waals surface area contributed by atoms with Crippen molar-refractivity contribution < 1.29 is 14.7 Å². The average molecular weight is 339 g/mol. The third-order valence-corrected chi connectivity index (χ3v) is 4.16. The Hall–Kier alpha value is -3.06. The zero-order chi connectivity index (χ0) is 17.1. The van der Waals surface area contributed by atoms with Gasteiger partial charge in [-0.25, -0.2) is 4.68 Å². The van der Waals surface area contributed by atoms with Crippen LogP contribution in [0.1, 0.15) is 27.1 Å². The minimum atomic E-state index is -0.428. The quantitative estimate of drug-likeness (QED) is 0.743. The van der Waals surface area contributed by atoms with E-state index in [1.54, 1.807) is 36.4 Å². The number of phenols is 1. The van der Waals surface area contributed by atoms with Crippen LogP contribution in [0.3, 0.4) is 0 Å². The number of hydrogen-bond acceptors (Lipinski definition) is 5. The summed E-state index contributed by atoms with van der Waals surface area (Å²) in [5, 5.41) is 14.1. The number of ketones is 1. The van der Waals surface area contributed by atoms with Gasteiger partial charge in [0.1, 0.15) is 5.75 Å². The standard InChI is InChI=1S/C17H13N3O3S/c1-11(21)16-19-20(13-8-5-9-14(22)10-13)17(24-16)18-15(23)12-6-3-2-4-7-12/h2-10,22H,1H3. The first-order valence-electron chi connectivity index (χ1n) is 7.09. The van der Waals surface area contributed by atoms with Crippen LogP contribution < -0.4 is 4.80 Å². The zero-order valence-corrected chi connectivity index (χ0v) is 13.5. The number of carbonyl (C=O) groups is 2. The number of phenolic OH excluding ortho intramolecular Hbond substituents is 1. The summed E-state index contributed by atoms with van der Waals surface area (Å²) in [4.78, 5) is 28.3. The fourth-order valence-electron chi connectivity index (χ4n) is 2.02. The first kappa shape index (κ1) is 15.8. The van der Waals surface area contributed by atoms with E-state index in [9.17, 15) is 14.7 Å². The van der Waals surface area contributed by atoms with Crippen molar-refractivity contribution in [3.05, 3.63) is 70.0 Å². The van der Waals surface area contributed by atoms with Gasteiger partial charge in [0.2, 0.25) is 4.80 Å². The largest absolute Gasteiger partial charge is 0.508 e. The first-order chi connectivity index (χ1) is 11.5. The molecule has 0 spiro atoms. The van der Waals surface area contributed by atoms with Crippen LogP contribution in [0.2, 0.25) is 0 Å². The van der Waals surface area contributed by atoms with Crippen molar-refractivity contribution in [3.63, 3.8) is 0 Å². The molecule has 0 saturated carbocycles. The number of aromatic nitrogens is 2. The Labute approximate surface area is 141 Å². The highest BCUT2D eigenvalue weighted by Crippen LogP contribution is 2.14. The molecule has 0 saturated heterocycles. The number of carbonyl (C=O) groups excluding carboxylic acids is 2. The molecule has 0 fully saturated rings. The van der Waals surface area contributed by atoms with Crippen LogP contribution >= 0.6 is 11.3 Å². The maximum atomic E-state index is 12.3. The minimum absolute atomic E-state index is 0.0534. The fraction of sp³-hybridized carbons (Fsp3) is 0.0588. The van der Waals surface area contributed by atoms with Crippen molar-refractivity contribution in [3.8, 4) is 11.4 Å². The first-order valence-corrected chi connectivity index (χ1v) is 7.91. The molecule has 6 nitrogen and oxygen atoms in total. The van der Waals surface area contributed by atoms with E-state index in [1.165, 1.54) is 23.7 Å². The Bertz CT molecular complexity index is 974. The summed E-state index contributed by atoms with van der Waals surface area (Å²) < 4.78 is 1.38. The monoisotopic (exact) mass is 339 g/mol. The molecule has 24 heavy (non-hydrogen) atoms. The Morgan fingerprint density at radius 1 is 1.12 bits per heavy atom. The number of rotatable bonds is 3. The summed E-state index contributed by atoms with van der Waals surface area (Å²) in [6.07, 6.45) is 0. The normalized spacial score (nSPS) is 11.5. The van der Waals surface area contributed by atoms with E-state index in [4.69, 9.17) is 0 Å². The molecule has 3 aromatic rings. The molecule has 1 heterocycles. The molecule has 0 radical (unpaired) electrons. The predicted octanol–water partition coefficient (Wildman–Crippen LogP) is 2.58. The lowest BCUT2D eigenvalue weighted by molar-refractivity contribution is 0.0994. The highest BCUT2D eigenvalue weighted by molar-refractivity contribution is 7.11. The molecular formula is C17H13N3O3S. The van der Waals surface area contributed by atoms with Crippen LogP contribution in [0.15, 0.2) is 59.6 Å². The molecule has 1 aromatic heterocycles. The summed E-state index contributed by atoms with van der Waals surface area (Å²) in [6, 6.07) is 15.0. The second-order valence-electron chi connectivity index (χ2n) is 4.96. The van der Waals surface area contributed by atoms with Crippen LogP contribution in [-0.2, 0) is 0 Å². The lowest BCUT2D eigenvalue weighted by Gasteiger charge is -2.01. The van der Waals surface area contributed by atoms with Gasteiger partial charge in [0.15, 0.2) is 10.8 Å². The Morgan fingerprint density at radius 3 is 2.54 bits per heavy atom. The Balaban J connectivity index is 2.14. The van der Waals surface area contributed by atoms with E-state index in [0.29, 0.717) is 11.3 Å². The number of Topliss-reactive ketones (excluding diaryl/α,β-unsaturated/α-hetero) is 1. The molecule has 0 atom stereocenters. The smallest absolute Gasteiger partial charge is 0.279 e. The highest BCUT2D eigenvalue weighted by atomic mass is 32.1. The molecule has 2 aromatic carbocycles. The lowest BCUT2D eigenvalue weighted by Crippen LogP contribution is -2.16. The van der Waals surface area contributed by atoms with Crippen molar-refractivity contribution in [2.24, 2.45) is 4.99 Å². The maximum Gasteiger partial charge on any atom is 0.279 e. The van der Waals surface area contributed by atoms with Crippen LogP contribution in [0.25, 0.3) is 5.69 Å². The van der Waals surface area contributed by atoms with Crippen molar-refractivity contribution in [2.75, 3.05) is 0 Å². The number of hydrogen-bond donors (Lipinski definition) is 1. The van der Waals surface area contributed by atoms with Crippen molar-refractivity contribution in [2.45, 2.75) is 6.92 Å². The second-order valence-corrected chi connectivity index (χ2v) is 5.92. The van der Waals surface area contributed by atoms with E-state index >= 15 is 0 Å².